The van der Waals surface area contributed by atoms with Gasteiger partial charge in [-0.2, -0.15) is 0 Å². The Hall–Kier alpha value is -1.06. The normalized spacial score (nSPS) is 31.2. The van der Waals surface area contributed by atoms with Gasteiger partial charge in [-0.25, -0.2) is 0 Å². The second-order valence-corrected chi connectivity index (χ2v) is 9.05. The van der Waals surface area contributed by atoms with Gasteiger partial charge in [-0.15, -0.1) is 0 Å². The number of benzene rings is 1. The second kappa shape index (κ2) is 6.92. The molecule has 3 aliphatic heterocycles. The summed E-state index contributed by atoms with van der Waals surface area (Å²) in [6, 6.07) is 7.03. The van der Waals surface area contributed by atoms with Crippen LogP contribution < -0.4 is 5.32 Å². The Kier molecular flexibility index (Phi) is 4.81. The summed E-state index contributed by atoms with van der Waals surface area (Å²) < 4.78 is 0. The summed E-state index contributed by atoms with van der Waals surface area (Å²) in [7, 11) is 2.26. The summed E-state index contributed by atoms with van der Waals surface area (Å²) in [6.45, 7) is 12.3. The molecule has 0 bridgehead atoms. The fraction of sp³-hybridized carbons (Fsp3) is 0.727. The lowest BCUT2D eigenvalue weighted by Gasteiger charge is -2.45. The average Bonchev–Trinajstić information content (AvgIpc) is 2.96. The maximum Gasteiger partial charge on any atom is 0.0382 e. The summed E-state index contributed by atoms with van der Waals surface area (Å²) in [6.07, 6.45) is 5.52. The monoisotopic (exact) mass is 341 g/mol. The summed E-state index contributed by atoms with van der Waals surface area (Å²) >= 11 is 0. The molecule has 0 amide bonds. The molecule has 1 spiro atoms. The lowest BCUT2D eigenvalue weighted by Crippen LogP contribution is -2.50. The van der Waals surface area contributed by atoms with Gasteiger partial charge in [-0.05, 0) is 94.9 Å². The number of anilines is 1. The maximum absolute atomic E-state index is 3.71. The lowest BCUT2D eigenvalue weighted by atomic mass is 9.67. The van der Waals surface area contributed by atoms with Gasteiger partial charge in [0.1, 0.15) is 0 Å². The molecule has 1 aromatic rings. The zero-order chi connectivity index (χ0) is 17.4. The Labute approximate surface area is 153 Å². The van der Waals surface area contributed by atoms with Crippen molar-refractivity contribution >= 4 is 5.69 Å². The number of fused-ring (bicyclic) bond motifs is 2. The van der Waals surface area contributed by atoms with Gasteiger partial charge in [0.05, 0.1) is 0 Å². The summed E-state index contributed by atoms with van der Waals surface area (Å²) in [5.41, 5.74) is 4.71. The van der Waals surface area contributed by atoms with Crippen LogP contribution in [0, 0.1) is 18.8 Å². The molecule has 4 rings (SSSR count). The molecule has 2 atom stereocenters. The molecule has 2 fully saturated rings. The third-order valence-electron chi connectivity index (χ3n) is 7.35. The molecule has 0 aliphatic carbocycles. The molecule has 3 heteroatoms. The molecule has 25 heavy (non-hydrogen) atoms. The van der Waals surface area contributed by atoms with E-state index in [0.717, 1.165) is 18.4 Å². The number of aryl methyl sites for hydroxylation is 1. The molecule has 1 aromatic carbocycles. The molecule has 2 saturated heterocycles. The highest BCUT2D eigenvalue weighted by Crippen LogP contribution is 2.47. The third-order valence-corrected chi connectivity index (χ3v) is 7.35. The van der Waals surface area contributed by atoms with E-state index in [1.165, 1.54) is 69.7 Å². The number of piperidine rings is 2. The van der Waals surface area contributed by atoms with E-state index in [2.05, 4.69) is 54.2 Å². The number of nitrogens with zero attached hydrogens (tertiary/aromatic N) is 2. The molecular weight excluding hydrogens is 306 g/mol. The largest absolute Gasteiger partial charge is 0.384 e. The number of hydrogen-bond acceptors (Lipinski definition) is 3. The van der Waals surface area contributed by atoms with Crippen molar-refractivity contribution in [1.29, 1.82) is 0 Å². The van der Waals surface area contributed by atoms with Gasteiger partial charge in [-0.1, -0.05) is 19.1 Å². The van der Waals surface area contributed by atoms with Crippen molar-refractivity contribution in [2.75, 3.05) is 51.6 Å². The van der Waals surface area contributed by atoms with Crippen molar-refractivity contribution in [3.05, 3.63) is 29.3 Å². The number of likely N-dealkylation sites (tertiary alicyclic amines) is 2. The Morgan fingerprint density at radius 2 is 2.00 bits per heavy atom. The van der Waals surface area contributed by atoms with Gasteiger partial charge in [0.25, 0.3) is 0 Å². The Balaban J connectivity index is 1.35. The van der Waals surface area contributed by atoms with E-state index in [1.807, 2.05) is 0 Å². The Bertz CT molecular complexity index is 605. The van der Waals surface area contributed by atoms with Crippen molar-refractivity contribution in [2.45, 2.75) is 44.9 Å². The molecule has 3 heterocycles. The molecule has 138 valence electrons. The van der Waals surface area contributed by atoms with Gasteiger partial charge in [0, 0.05) is 24.2 Å². The van der Waals surface area contributed by atoms with Gasteiger partial charge in [0.2, 0.25) is 0 Å². The van der Waals surface area contributed by atoms with Crippen molar-refractivity contribution in [3.63, 3.8) is 0 Å². The minimum Gasteiger partial charge on any atom is -0.384 e. The summed E-state index contributed by atoms with van der Waals surface area (Å²) in [5, 5.41) is 3.71. The van der Waals surface area contributed by atoms with Crippen molar-refractivity contribution in [2.24, 2.45) is 11.8 Å². The molecule has 3 aliphatic rings. The second-order valence-electron chi connectivity index (χ2n) is 9.05. The first kappa shape index (κ1) is 17.4. The zero-order valence-electron chi connectivity index (χ0n) is 16.4. The molecule has 0 saturated carbocycles. The highest BCUT2D eigenvalue weighted by atomic mass is 15.1. The van der Waals surface area contributed by atoms with Crippen LogP contribution in [0.3, 0.4) is 0 Å². The van der Waals surface area contributed by atoms with Crippen LogP contribution in [0.25, 0.3) is 0 Å². The Morgan fingerprint density at radius 3 is 2.76 bits per heavy atom. The molecular formula is C22H35N3. The molecule has 1 N–H and O–H groups in total. The first-order chi connectivity index (χ1) is 12.1. The Morgan fingerprint density at radius 1 is 1.20 bits per heavy atom. The molecule has 0 radical (unpaired) electrons. The maximum atomic E-state index is 3.71. The minimum absolute atomic E-state index is 0.368. The topological polar surface area (TPSA) is 18.5 Å². The van der Waals surface area contributed by atoms with Crippen LogP contribution in [-0.2, 0) is 5.41 Å². The van der Waals surface area contributed by atoms with E-state index in [0.29, 0.717) is 5.41 Å². The van der Waals surface area contributed by atoms with Crippen molar-refractivity contribution < 1.29 is 0 Å². The number of nitrogens with one attached hydrogen (secondary N) is 1. The van der Waals surface area contributed by atoms with Gasteiger partial charge < -0.3 is 15.1 Å². The third kappa shape index (κ3) is 3.33. The molecule has 0 aromatic heterocycles. The van der Waals surface area contributed by atoms with Crippen molar-refractivity contribution in [1.82, 2.24) is 9.80 Å². The summed E-state index contributed by atoms with van der Waals surface area (Å²) in [5.74, 6) is 1.69. The van der Waals surface area contributed by atoms with Crippen LogP contribution in [0.15, 0.2) is 18.2 Å². The number of hydrogen-bond donors (Lipinski definition) is 1. The fourth-order valence-corrected chi connectivity index (χ4v) is 5.43. The van der Waals surface area contributed by atoms with Crippen LogP contribution in [-0.4, -0.2) is 56.1 Å². The number of rotatable bonds is 3. The standard InChI is InChI=1S/C22H35N3/c1-17-4-5-20-21(14-17)23-16-22(20)9-13-25(15-18(22)2)12-8-19-6-10-24(3)11-7-19/h4-5,14,18-19,23H,6-13,15-16H2,1-3H3. The fourth-order valence-electron chi connectivity index (χ4n) is 5.43. The van der Waals surface area contributed by atoms with Crippen molar-refractivity contribution in [3.8, 4) is 0 Å². The predicted molar refractivity (Wildman–Crippen MR) is 106 cm³/mol. The predicted octanol–water partition coefficient (Wildman–Crippen LogP) is 3.73. The minimum atomic E-state index is 0.368. The zero-order valence-corrected chi connectivity index (χ0v) is 16.4. The quantitative estimate of drug-likeness (QED) is 0.904. The van der Waals surface area contributed by atoms with E-state index in [4.69, 9.17) is 0 Å². The van der Waals surface area contributed by atoms with Gasteiger partial charge in [0.15, 0.2) is 0 Å². The smallest absolute Gasteiger partial charge is 0.0382 e. The van der Waals surface area contributed by atoms with E-state index in [9.17, 15) is 0 Å². The SMILES string of the molecule is Cc1ccc2c(c1)NCC21CCN(CCC2CCN(C)CC2)CC1C. The van der Waals surface area contributed by atoms with Crippen LogP contribution in [0.5, 0.6) is 0 Å². The average molecular weight is 342 g/mol. The van der Waals surface area contributed by atoms with Crippen LogP contribution >= 0.6 is 0 Å². The summed E-state index contributed by atoms with van der Waals surface area (Å²) in [4.78, 5) is 5.23. The first-order valence-electron chi connectivity index (χ1n) is 10.3. The van der Waals surface area contributed by atoms with Gasteiger partial charge >= 0.3 is 0 Å². The lowest BCUT2D eigenvalue weighted by molar-refractivity contribution is 0.100. The molecule has 3 nitrogen and oxygen atoms in total. The highest BCUT2D eigenvalue weighted by Gasteiger charge is 2.46. The highest BCUT2D eigenvalue weighted by molar-refractivity contribution is 5.62. The van der Waals surface area contributed by atoms with E-state index >= 15 is 0 Å². The first-order valence-corrected chi connectivity index (χ1v) is 10.3. The van der Waals surface area contributed by atoms with Crippen LogP contribution in [0.1, 0.15) is 43.7 Å². The van der Waals surface area contributed by atoms with E-state index in [1.54, 1.807) is 5.56 Å². The van der Waals surface area contributed by atoms with Gasteiger partial charge in [-0.3, -0.25) is 0 Å². The van der Waals surface area contributed by atoms with Crippen LogP contribution in [0.2, 0.25) is 0 Å². The van der Waals surface area contributed by atoms with E-state index in [-0.39, 0.29) is 0 Å². The van der Waals surface area contributed by atoms with Crippen LogP contribution in [0.4, 0.5) is 5.69 Å². The van der Waals surface area contributed by atoms with E-state index < -0.39 is 0 Å². The molecule has 2 unspecified atom stereocenters.